The van der Waals surface area contributed by atoms with Crippen LogP contribution in [0.3, 0.4) is 0 Å². The summed E-state index contributed by atoms with van der Waals surface area (Å²) in [5.41, 5.74) is 0. The molecule has 2 rings (SSSR count). The molecule has 1 unspecified atom stereocenters. The summed E-state index contributed by atoms with van der Waals surface area (Å²) in [5.74, 6) is 2.46. The van der Waals surface area contributed by atoms with Crippen molar-refractivity contribution in [3.63, 3.8) is 0 Å². The highest BCUT2D eigenvalue weighted by molar-refractivity contribution is 5.79. The molecule has 2 heterocycles. The second kappa shape index (κ2) is 10.4. The summed E-state index contributed by atoms with van der Waals surface area (Å²) in [6.07, 6.45) is 2.58. The zero-order valence-electron chi connectivity index (χ0n) is 15.4. The van der Waals surface area contributed by atoms with Crippen LogP contribution in [0.2, 0.25) is 0 Å². The van der Waals surface area contributed by atoms with E-state index < -0.39 is 0 Å². The summed E-state index contributed by atoms with van der Waals surface area (Å²) in [5, 5.41) is 6.77. The van der Waals surface area contributed by atoms with Crippen molar-refractivity contribution in [1.29, 1.82) is 0 Å². The zero-order chi connectivity index (χ0) is 17.2. The summed E-state index contributed by atoms with van der Waals surface area (Å²) in [4.78, 5) is 9.38. The Kier molecular flexibility index (Phi) is 8.12. The molecule has 0 amide bonds. The summed E-state index contributed by atoms with van der Waals surface area (Å²) < 4.78 is 5.34. The number of nitrogens with one attached hydrogen (secondary N) is 2. The lowest BCUT2D eigenvalue weighted by molar-refractivity contribution is 0.124. The minimum absolute atomic E-state index is 0.599. The highest BCUT2D eigenvalue weighted by Crippen LogP contribution is 2.05. The van der Waals surface area contributed by atoms with Crippen molar-refractivity contribution < 1.29 is 4.42 Å². The van der Waals surface area contributed by atoms with Crippen LogP contribution in [0.4, 0.5) is 0 Å². The Morgan fingerprint density at radius 2 is 2.00 bits per heavy atom. The van der Waals surface area contributed by atoms with E-state index in [2.05, 4.69) is 39.3 Å². The summed E-state index contributed by atoms with van der Waals surface area (Å²) in [7, 11) is 1.82. The third-order valence-electron chi connectivity index (χ3n) is 4.57. The van der Waals surface area contributed by atoms with Crippen molar-refractivity contribution in [3.8, 4) is 0 Å². The van der Waals surface area contributed by atoms with E-state index in [4.69, 9.17) is 4.42 Å². The fourth-order valence-electron chi connectivity index (χ4n) is 3.04. The van der Waals surface area contributed by atoms with Gasteiger partial charge in [0, 0.05) is 59.3 Å². The maximum atomic E-state index is 5.34. The molecule has 1 aromatic heterocycles. The maximum absolute atomic E-state index is 5.34. The van der Waals surface area contributed by atoms with Crippen LogP contribution in [0.15, 0.2) is 27.8 Å². The van der Waals surface area contributed by atoms with E-state index in [0.717, 1.165) is 37.8 Å². The van der Waals surface area contributed by atoms with Gasteiger partial charge in [0.1, 0.15) is 5.76 Å². The van der Waals surface area contributed by atoms with E-state index in [-0.39, 0.29) is 0 Å². The molecule has 0 aliphatic carbocycles. The van der Waals surface area contributed by atoms with Gasteiger partial charge in [0.25, 0.3) is 0 Å². The van der Waals surface area contributed by atoms with Crippen LogP contribution in [0.25, 0.3) is 0 Å². The number of nitrogens with zero attached hydrogens (tertiary/aromatic N) is 3. The van der Waals surface area contributed by atoms with Gasteiger partial charge in [-0.1, -0.05) is 13.8 Å². The van der Waals surface area contributed by atoms with Crippen LogP contribution in [0, 0.1) is 5.92 Å². The fourth-order valence-corrected chi connectivity index (χ4v) is 3.04. The Bertz CT molecular complexity index is 466. The fraction of sp³-hybridized carbons (Fsp3) is 0.722. The zero-order valence-corrected chi connectivity index (χ0v) is 15.4. The molecule has 0 radical (unpaired) electrons. The first-order valence-corrected chi connectivity index (χ1v) is 9.12. The summed E-state index contributed by atoms with van der Waals surface area (Å²) in [6, 6.07) is 3.92. The second-order valence-corrected chi connectivity index (χ2v) is 6.55. The molecule has 0 bridgehead atoms. The van der Waals surface area contributed by atoms with E-state index in [0.29, 0.717) is 5.92 Å². The number of hydrogen-bond acceptors (Lipinski definition) is 4. The third-order valence-corrected chi connectivity index (χ3v) is 4.57. The van der Waals surface area contributed by atoms with Crippen LogP contribution >= 0.6 is 0 Å². The topological polar surface area (TPSA) is 56.0 Å². The average Bonchev–Trinajstić information content (AvgIpc) is 3.12. The van der Waals surface area contributed by atoms with Gasteiger partial charge in [-0.25, -0.2) is 0 Å². The molecular formula is C18H33N5O. The van der Waals surface area contributed by atoms with E-state index >= 15 is 0 Å². The van der Waals surface area contributed by atoms with Gasteiger partial charge in [0.2, 0.25) is 0 Å². The lowest BCUT2D eigenvalue weighted by atomic mass is 10.1. The van der Waals surface area contributed by atoms with Gasteiger partial charge in [-0.05, 0) is 24.6 Å². The van der Waals surface area contributed by atoms with E-state index in [1.165, 1.54) is 32.7 Å². The SMILES string of the molecule is CCN1CCN(CC(C)CNC(=NC)NCCc2ccco2)CC1. The van der Waals surface area contributed by atoms with E-state index in [1.807, 2.05) is 19.2 Å². The lowest BCUT2D eigenvalue weighted by Crippen LogP contribution is -2.48. The van der Waals surface area contributed by atoms with Crippen molar-refractivity contribution in [3.05, 3.63) is 24.2 Å². The standard InChI is InChI=1S/C18H33N5O/c1-4-22-9-11-23(12-10-22)15-16(2)14-21-18(19-3)20-8-7-17-6-5-13-24-17/h5-6,13,16H,4,7-12,14-15H2,1-3H3,(H2,19,20,21). The molecule has 24 heavy (non-hydrogen) atoms. The number of furan rings is 1. The van der Waals surface area contributed by atoms with E-state index in [9.17, 15) is 0 Å². The third kappa shape index (κ3) is 6.53. The summed E-state index contributed by atoms with van der Waals surface area (Å²) in [6.45, 7) is 13.4. The molecule has 1 saturated heterocycles. The predicted molar refractivity (Wildman–Crippen MR) is 99.5 cm³/mol. The molecule has 0 saturated carbocycles. The Labute approximate surface area is 146 Å². The monoisotopic (exact) mass is 335 g/mol. The number of aliphatic imine (C=N–C) groups is 1. The normalized spacial score (nSPS) is 18.5. The number of guanidine groups is 1. The Hall–Kier alpha value is -1.53. The van der Waals surface area contributed by atoms with Crippen LogP contribution in [0.5, 0.6) is 0 Å². The molecule has 6 nitrogen and oxygen atoms in total. The first kappa shape index (κ1) is 18.8. The van der Waals surface area contributed by atoms with Gasteiger partial charge < -0.3 is 24.9 Å². The minimum Gasteiger partial charge on any atom is -0.469 e. The molecule has 136 valence electrons. The summed E-state index contributed by atoms with van der Waals surface area (Å²) >= 11 is 0. The van der Waals surface area contributed by atoms with Crippen molar-refractivity contribution in [2.45, 2.75) is 20.3 Å². The smallest absolute Gasteiger partial charge is 0.191 e. The lowest BCUT2D eigenvalue weighted by Gasteiger charge is -2.35. The van der Waals surface area contributed by atoms with Gasteiger partial charge in [-0.15, -0.1) is 0 Å². The van der Waals surface area contributed by atoms with Gasteiger partial charge in [-0.3, -0.25) is 4.99 Å². The first-order chi connectivity index (χ1) is 11.7. The number of rotatable bonds is 8. The van der Waals surface area contributed by atoms with Gasteiger partial charge in [-0.2, -0.15) is 0 Å². The van der Waals surface area contributed by atoms with Crippen LogP contribution in [-0.4, -0.2) is 75.2 Å². The van der Waals surface area contributed by atoms with Crippen molar-refractivity contribution in [2.75, 3.05) is 59.4 Å². The quantitative estimate of drug-likeness (QED) is 0.553. The molecule has 0 spiro atoms. The van der Waals surface area contributed by atoms with Crippen LogP contribution in [0.1, 0.15) is 19.6 Å². The van der Waals surface area contributed by atoms with E-state index in [1.54, 1.807) is 6.26 Å². The minimum atomic E-state index is 0.599. The van der Waals surface area contributed by atoms with Crippen LogP contribution < -0.4 is 10.6 Å². The molecule has 1 aliphatic heterocycles. The molecular weight excluding hydrogens is 302 g/mol. The number of piperazine rings is 1. The highest BCUT2D eigenvalue weighted by atomic mass is 16.3. The molecule has 2 N–H and O–H groups in total. The van der Waals surface area contributed by atoms with Gasteiger partial charge in [0.05, 0.1) is 6.26 Å². The molecule has 6 heteroatoms. The van der Waals surface area contributed by atoms with Crippen molar-refractivity contribution in [1.82, 2.24) is 20.4 Å². The second-order valence-electron chi connectivity index (χ2n) is 6.55. The molecule has 1 fully saturated rings. The molecule has 1 atom stereocenters. The maximum Gasteiger partial charge on any atom is 0.191 e. The van der Waals surface area contributed by atoms with Crippen molar-refractivity contribution >= 4 is 5.96 Å². The molecule has 0 aromatic carbocycles. The Morgan fingerprint density at radius 1 is 1.25 bits per heavy atom. The highest BCUT2D eigenvalue weighted by Gasteiger charge is 2.17. The molecule has 1 aromatic rings. The largest absolute Gasteiger partial charge is 0.469 e. The number of likely N-dealkylation sites (N-methyl/N-ethyl adjacent to an activating group) is 1. The van der Waals surface area contributed by atoms with Crippen molar-refractivity contribution in [2.24, 2.45) is 10.9 Å². The molecule has 1 aliphatic rings. The van der Waals surface area contributed by atoms with Gasteiger partial charge >= 0.3 is 0 Å². The Morgan fingerprint density at radius 3 is 2.62 bits per heavy atom. The predicted octanol–water partition coefficient (Wildman–Crippen LogP) is 1.26. The van der Waals surface area contributed by atoms with Crippen LogP contribution in [-0.2, 0) is 6.42 Å². The number of hydrogen-bond donors (Lipinski definition) is 2. The van der Waals surface area contributed by atoms with Gasteiger partial charge in [0.15, 0.2) is 5.96 Å². The average molecular weight is 335 g/mol. The first-order valence-electron chi connectivity index (χ1n) is 9.12. The Balaban J connectivity index is 1.60.